The smallest absolute Gasteiger partial charge is 0.261 e. The number of anilines is 1. The summed E-state index contributed by atoms with van der Waals surface area (Å²) in [6.07, 6.45) is 1.32. The number of nitrogens with zero attached hydrogens (tertiary/aromatic N) is 3. The zero-order valence-corrected chi connectivity index (χ0v) is 14.0. The van der Waals surface area contributed by atoms with Gasteiger partial charge < -0.3 is 0 Å². The zero-order chi connectivity index (χ0) is 15.6. The maximum absolute atomic E-state index is 12.2. The minimum atomic E-state index is -4.01. The van der Waals surface area contributed by atoms with Gasteiger partial charge in [0.2, 0.25) is 0 Å². The van der Waals surface area contributed by atoms with E-state index in [1.807, 2.05) is 0 Å². The molecule has 0 atom stereocenters. The first-order chi connectivity index (χ1) is 9.79. The van der Waals surface area contributed by atoms with Gasteiger partial charge in [0.1, 0.15) is 4.60 Å². The van der Waals surface area contributed by atoms with Gasteiger partial charge in [-0.1, -0.05) is 6.07 Å². The van der Waals surface area contributed by atoms with E-state index in [-0.39, 0.29) is 21.0 Å². The van der Waals surface area contributed by atoms with Crippen LogP contribution in [0.2, 0.25) is 0 Å². The highest BCUT2D eigenvalue weighted by Gasteiger charge is 2.19. The molecule has 0 aliphatic heterocycles. The van der Waals surface area contributed by atoms with Crippen LogP contribution in [-0.2, 0) is 10.0 Å². The van der Waals surface area contributed by atoms with Gasteiger partial charge in [0.15, 0.2) is 10.4 Å². The fraction of sp³-hybridized carbons (Fsp3) is 0. The van der Waals surface area contributed by atoms with E-state index in [9.17, 15) is 18.5 Å². The third-order valence-electron chi connectivity index (χ3n) is 2.27. The van der Waals surface area contributed by atoms with Gasteiger partial charge in [0.05, 0.1) is 16.0 Å². The predicted octanol–water partition coefficient (Wildman–Crippen LogP) is 2.71. The number of benzene rings is 1. The van der Waals surface area contributed by atoms with Crippen LogP contribution in [0, 0.1) is 10.1 Å². The van der Waals surface area contributed by atoms with Crippen molar-refractivity contribution in [1.29, 1.82) is 0 Å². The molecule has 1 aromatic carbocycles. The van der Waals surface area contributed by atoms with Crippen LogP contribution in [0.25, 0.3) is 0 Å². The van der Waals surface area contributed by atoms with Crippen molar-refractivity contribution in [3.05, 3.63) is 49.8 Å². The highest BCUT2D eigenvalue weighted by Crippen LogP contribution is 2.24. The topological polar surface area (TPSA) is 115 Å². The molecular weight excluding hydrogens is 432 g/mol. The number of nitro groups is 1. The molecule has 0 fully saturated rings. The molecule has 0 aliphatic rings. The van der Waals surface area contributed by atoms with Crippen LogP contribution in [0.3, 0.4) is 0 Å². The number of nitro benzene ring substituents is 1. The molecule has 21 heavy (non-hydrogen) atoms. The Morgan fingerprint density at radius 3 is 2.62 bits per heavy atom. The van der Waals surface area contributed by atoms with Crippen molar-refractivity contribution in [3.63, 3.8) is 0 Å². The minimum absolute atomic E-state index is 0.0234. The average Bonchev–Trinajstić information content (AvgIpc) is 2.42. The molecule has 0 unspecified atom stereocenters. The normalized spacial score (nSPS) is 11.1. The van der Waals surface area contributed by atoms with Gasteiger partial charge in [0, 0.05) is 12.1 Å². The monoisotopic (exact) mass is 436 g/mol. The lowest BCUT2D eigenvalue weighted by Crippen LogP contribution is -2.15. The van der Waals surface area contributed by atoms with Crippen molar-refractivity contribution in [1.82, 2.24) is 9.97 Å². The highest BCUT2D eigenvalue weighted by molar-refractivity contribution is 9.11. The maximum Gasteiger partial charge on any atom is 0.270 e. The first-order valence-electron chi connectivity index (χ1n) is 5.25. The van der Waals surface area contributed by atoms with Crippen molar-refractivity contribution >= 4 is 53.4 Å². The van der Waals surface area contributed by atoms with E-state index < -0.39 is 14.9 Å². The number of rotatable bonds is 4. The van der Waals surface area contributed by atoms with Gasteiger partial charge in [-0.15, -0.1) is 0 Å². The van der Waals surface area contributed by atoms with Crippen LogP contribution >= 0.6 is 31.9 Å². The third kappa shape index (κ3) is 3.74. The molecule has 8 nitrogen and oxygen atoms in total. The van der Waals surface area contributed by atoms with Crippen LogP contribution < -0.4 is 4.72 Å². The molecule has 1 aromatic heterocycles. The van der Waals surface area contributed by atoms with Gasteiger partial charge in [0.25, 0.3) is 15.7 Å². The zero-order valence-electron chi connectivity index (χ0n) is 10.0. The molecule has 0 radical (unpaired) electrons. The minimum Gasteiger partial charge on any atom is -0.261 e. The number of sulfonamides is 1. The van der Waals surface area contributed by atoms with Gasteiger partial charge in [-0.05, 0) is 37.9 Å². The number of aromatic nitrogens is 2. The average molecular weight is 438 g/mol. The Morgan fingerprint density at radius 2 is 2.00 bits per heavy atom. The standard InChI is InChI=1S/C10H6Br2N4O4S/c11-8-5-13-10(9(12)14-8)15-21(19,20)7-3-1-2-6(4-7)16(17)18/h1-5H,(H,13,15). The van der Waals surface area contributed by atoms with Crippen molar-refractivity contribution in [2.24, 2.45) is 0 Å². The summed E-state index contributed by atoms with van der Waals surface area (Å²) >= 11 is 6.16. The third-order valence-corrected chi connectivity index (χ3v) is 4.54. The van der Waals surface area contributed by atoms with E-state index in [2.05, 4.69) is 46.5 Å². The lowest BCUT2D eigenvalue weighted by molar-refractivity contribution is -0.385. The lowest BCUT2D eigenvalue weighted by Gasteiger charge is -2.08. The second-order valence-corrected chi connectivity index (χ2v) is 6.94. The summed E-state index contributed by atoms with van der Waals surface area (Å²) in [5.74, 6) is -0.0234. The van der Waals surface area contributed by atoms with Gasteiger partial charge in [-0.3, -0.25) is 14.8 Å². The number of halogens is 2. The first kappa shape index (κ1) is 15.8. The first-order valence-corrected chi connectivity index (χ1v) is 8.32. The van der Waals surface area contributed by atoms with Crippen molar-refractivity contribution < 1.29 is 13.3 Å². The van der Waals surface area contributed by atoms with Crippen molar-refractivity contribution in [3.8, 4) is 0 Å². The van der Waals surface area contributed by atoms with Gasteiger partial charge in [-0.2, -0.15) is 0 Å². The second-order valence-electron chi connectivity index (χ2n) is 3.69. The van der Waals surface area contributed by atoms with E-state index in [0.717, 1.165) is 6.07 Å². The molecule has 0 aliphatic carbocycles. The Kier molecular flexibility index (Phi) is 4.54. The SMILES string of the molecule is O=[N+]([O-])c1cccc(S(=O)(=O)Nc2ncc(Br)nc2Br)c1. The summed E-state index contributed by atoms with van der Waals surface area (Å²) in [5.41, 5.74) is -0.321. The fourth-order valence-corrected chi connectivity index (χ4v) is 3.46. The Hall–Kier alpha value is -1.59. The molecule has 0 spiro atoms. The second kappa shape index (κ2) is 6.03. The number of hydrogen-bond acceptors (Lipinski definition) is 6. The van der Waals surface area contributed by atoms with Crippen molar-refractivity contribution in [2.45, 2.75) is 4.90 Å². The maximum atomic E-state index is 12.2. The molecule has 2 rings (SSSR count). The number of non-ortho nitro benzene ring substituents is 1. The van der Waals surface area contributed by atoms with E-state index in [1.54, 1.807) is 0 Å². The number of hydrogen-bond donors (Lipinski definition) is 1. The van der Waals surface area contributed by atoms with Crippen LogP contribution in [-0.4, -0.2) is 23.3 Å². The quantitative estimate of drug-likeness (QED) is 0.580. The molecule has 2 aromatic rings. The summed E-state index contributed by atoms with van der Waals surface area (Å²) in [7, 11) is -4.01. The molecule has 0 saturated carbocycles. The Balaban J connectivity index is 2.38. The summed E-state index contributed by atoms with van der Waals surface area (Å²) < 4.78 is 27.2. The van der Waals surface area contributed by atoms with Crippen molar-refractivity contribution in [2.75, 3.05) is 4.72 Å². The Bertz CT molecular complexity index is 812. The van der Waals surface area contributed by atoms with Crippen LogP contribution in [0.1, 0.15) is 0 Å². The van der Waals surface area contributed by atoms with Gasteiger partial charge >= 0.3 is 0 Å². The van der Waals surface area contributed by atoms with E-state index >= 15 is 0 Å². The van der Waals surface area contributed by atoms with E-state index in [4.69, 9.17) is 0 Å². The van der Waals surface area contributed by atoms with Crippen LogP contribution in [0.4, 0.5) is 11.5 Å². The molecular formula is C10H6Br2N4O4S. The molecule has 110 valence electrons. The predicted molar refractivity (Wildman–Crippen MR) is 81.3 cm³/mol. The summed E-state index contributed by atoms with van der Waals surface area (Å²) in [5, 5.41) is 10.7. The van der Waals surface area contributed by atoms with Crippen LogP contribution in [0.15, 0.2) is 44.6 Å². The Labute approximate surface area is 136 Å². The van der Waals surface area contributed by atoms with E-state index in [0.29, 0.717) is 4.60 Å². The van der Waals surface area contributed by atoms with Gasteiger partial charge in [-0.25, -0.2) is 18.4 Å². The highest BCUT2D eigenvalue weighted by atomic mass is 79.9. The summed E-state index contributed by atoms with van der Waals surface area (Å²) in [6.45, 7) is 0. The number of nitrogens with one attached hydrogen (secondary N) is 1. The molecule has 0 bridgehead atoms. The summed E-state index contributed by atoms with van der Waals surface area (Å²) in [4.78, 5) is 17.6. The largest absolute Gasteiger partial charge is 0.270 e. The molecule has 11 heteroatoms. The molecule has 0 saturated heterocycles. The lowest BCUT2D eigenvalue weighted by atomic mass is 10.3. The molecule has 1 heterocycles. The fourth-order valence-electron chi connectivity index (χ4n) is 1.37. The van der Waals surface area contributed by atoms with E-state index in [1.165, 1.54) is 24.4 Å². The molecule has 1 N–H and O–H groups in total. The molecule has 0 amide bonds. The summed E-state index contributed by atoms with van der Waals surface area (Å²) in [6, 6.07) is 4.70. The van der Waals surface area contributed by atoms with Crippen LogP contribution in [0.5, 0.6) is 0 Å². The Morgan fingerprint density at radius 1 is 1.29 bits per heavy atom.